The number of benzene rings is 2. The normalized spacial score (nSPS) is 12.7. The van der Waals surface area contributed by atoms with E-state index in [2.05, 4.69) is 14.9 Å². The van der Waals surface area contributed by atoms with Crippen LogP contribution in [-0.4, -0.2) is 30.0 Å². The molecule has 0 radical (unpaired) electrons. The third-order valence-electron chi connectivity index (χ3n) is 3.83. The fourth-order valence-electron chi connectivity index (χ4n) is 2.57. The van der Waals surface area contributed by atoms with E-state index in [9.17, 15) is 12.8 Å². The summed E-state index contributed by atoms with van der Waals surface area (Å²) in [6.45, 7) is 2.20. The highest BCUT2D eigenvalue weighted by Crippen LogP contribution is 2.23. The molecule has 0 fully saturated rings. The predicted molar refractivity (Wildman–Crippen MR) is 97.1 cm³/mol. The molecule has 0 aliphatic rings. The number of ether oxygens (including phenoxy) is 1. The third-order valence-corrected chi connectivity index (χ3v) is 5.29. The van der Waals surface area contributed by atoms with Crippen molar-refractivity contribution in [2.45, 2.75) is 24.4 Å². The van der Waals surface area contributed by atoms with Crippen molar-refractivity contribution in [1.29, 1.82) is 0 Å². The van der Waals surface area contributed by atoms with Gasteiger partial charge in [0, 0.05) is 0 Å². The fraction of sp³-hybridized carbons (Fsp3) is 0.222. The zero-order chi connectivity index (χ0) is 19.3. The number of hydrogen-bond donors (Lipinski definition) is 1. The molecule has 3 rings (SSSR count). The first kappa shape index (κ1) is 19.0. The molecule has 1 heterocycles. The van der Waals surface area contributed by atoms with Crippen molar-refractivity contribution in [2.75, 3.05) is 6.61 Å². The van der Waals surface area contributed by atoms with E-state index in [-0.39, 0.29) is 23.8 Å². The second kappa shape index (κ2) is 8.28. The van der Waals surface area contributed by atoms with Crippen LogP contribution in [0.1, 0.15) is 18.5 Å². The van der Waals surface area contributed by atoms with Crippen LogP contribution in [0.4, 0.5) is 4.39 Å². The standard InChI is InChI=1S/C18H19FN4O3S/c1-2-26-18-9-8-15(12-16(18)19)27(24,25)22-17(13-23-20-10-11-21-23)14-6-4-3-5-7-14/h3-12,17,22H,2,13H2,1H3/t17-/m1/s1. The lowest BCUT2D eigenvalue weighted by Crippen LogP contribution is -2.32. The van der Waals surface area contributed by atoms with Gasteiger partial charge in [-0.05, 0) is 30.7 Å². The quantitative estimate of drug-likeness (QED) is 0.639. The van der Waals surface area contributed by atoms with E-state index >= 15 is 0 Å². The lowest BCUT2D eigenvalue weighted by Gasteiger charge is -2.19. The highest BCUT2D eigenvalue weighted by Gasteiger charge is 2.23. The third kappa shape index (κ3) is 4.69. The predicted octanol–water partition coefficient (Wildman–Crippen LogP) is 2.54. The minimum atomic E-state index is -3.98. The zero-order valence-corrected chi connectivity index (χ0v) is 15.4. The number of sulfonamides is 1. The molecule has 27 heavy (non-hydrogen) atoms. The average molecular weight is 390 g/mol. The molecule has 3 aromatic rings. The summed E-state index contributed by atoms with van der Waals surface area (Å²) in [6.07, 6.45) is 3.02. The Hall–Kier alpha value is -2.78. The first-order valence-corrected chi connectivity index (χ1v) is 9.81. The van der Waals surface area contributed by atoms with Crippen molar-refractivity contribution >= 4 is 10.0 Å². The summed E-state index contributed by atoms with van der Waals surface area (Å²) in [7, 11) is -3.98. The first-order valence-electron chi connectivity index (χ1n) is 8.33. The van der Waals surface area contributed by atoms with Crippen LogP contribution in [0.5, 0.6) is 5.75 Å². The molecule has 0 bridgehead atoms. The maximum Gasteiger partial charge on any atom is 0.241 e. The van der Waals surface area contributed by atoms with E-state index in [0.29, 0.717) is 0 Å². The molecule has 2 aromatic carbocycles. The van der Waals surface area contributed by atoms with Crippen molar-refractivity contribution in [3.05, 3.63) is 72.3 Å². The molecule has 1 N–H and O–H groups in total. The molecule has 0 aliphatic heterocycles. The van der Waals surface area contributed by atoms with Gasteiger partial charge in [-0.3, -0.25) is 0 Å². The second-order valence-corrected chi connectivity index (χ2v) is 7.41. The molecule has 0 saturated carbocycles. The smallest absolute Gasteiger partial charge is 0.241 e. The highest BCUT2D eigenvalue weighted by atomic mass is 32.2. The van der Waals surface area contributed by atoms with Crippen molar-refractivity contribution in [1.82, 2.24) is 19.7 Å². The van der Waals surface area contributed by atoms with E-state index < -0.39 is 21.9 Å². The maximum atomic E-state index is 14.1. The number of nitrogens with zero attached hydrogens (tertiary/aromatic N) is 3. The van der Waals surface area contributed by atoms with Crippen molar-refractivity contribution in [3.8, 4) is 5.75 Å². The SMILES string of the molecule is CCOc1ccc(S(=O)(=O)N[C@H](Cn2nccn2)c2ccccc2)cc1F. The van der Waals surface area contributed by atoms with Gasteiger partial charge >= 0.3 is 0 Å². The van der Waals surface area contributed by atoms with Crippen LogP contribution < -0.4 is 9.46 Å². The van der Waals surface area contributed by atoms with Crippen LogP contribution in [0.2, 0.25) is 0 Å². The Morgan fingerprint density at radius 2 is 1.85 bits per heavy atom. The summed E-state index contributed by atoms with van der Waals surface area (Å²) in [6, 6.07) is 12.0. The van der Waals surface area contributed by atoms with Gasteiger partial charge in [0.2, 0.25) is 10.0 Å². The van der Waals surface area contributed by atoms with Crippen LogP contribution in [0.3, 0.4) is 0 Å². The molecule has 142 valence electrons. The lowest BCUT2D eigenvalue weighted by atomic mass is 10.1. The number of nitrogens with one attached hydrogen (secondary N) is 1. The van der Waals surface area contributed by atoms with Gasteiger partial charge in [0.1, 0.15) is 0 Å². The Bertz CT molecular complexity index is 979. The molecule has 9 heteroatoms. The molecule has 0 aliphatic carbocycles. The molecule has 1 aromatic heterocycles. The minimum absolute atomic E-state index is 0.0109. The molecule has 1 atom stereocenters. The van der Waals surface area contributed by atoms with Crippen molar-refractivity contribution in [2.24, 2.45) is 0 Å². The number of aromatic nitrogens is 3. The van der Waals surface area contributed by atoms with Gasteiger partial charge in [0.05, 0.1) is 36.5 Å². The number of hydrogen-bond acceptors (Lipinski definition) is 5. The van der Waals surface area contributed by atoms with Crippen LogP contribution >= 0.6 is 0 Å². The van der Waals surface area contributed by atoms with Gasteiger partial charge in [-0.2, -0.15) is 15.0 Å². The molecule has 7 nitrogen and oxygen atoms in total. The van der Waals surface area contributed by atoms with E-state index in [1.807, 2.05) is 18.2 Å². The largest absolute Gasteiger partial charge is 0.491 e. The Morgan fingerprint density at radius 1 is 1.15 bits per heavy atom. The Morgan fingerprint density at radius 3 is 2.48 bits per heavy atom. The molecular formula is C18H19FN4O3S. The molecule has 0 saturated heterocycles. The molecular weight excluding hydrogens is 371 g/mol. The first-order chi connectivity index (χ1) is 13.0. The van der Waals surface area contributed by atoms with Crippen molar-refractivity contribution in [3.63, 3.8) is 0 Å². The van der Waals surface area contributed by atoms with Crippen LogP contribution in [0, 0.1) is 5.82 Å². The molecule has 0 amide bonds. The van der Waals surface area contributed by atoms with Crippen LogP contribution in [0.25, 0.3) is 0 Å². The summed E-state index contributed by atoms with van der Waals surface area (Å²) in [5, 5.41) is 8.05. The second-order valence-electron chi connectivity index (χ2n) is 5.69. The van der Waals surface area contributed by atoms with E-state index in [0.717, 1.165) is 11.6 Å². The Labute approximate surface area is 156 Å². The van der Waals surface area contributed by atoms with Crippen LogP contribution in [0.15, 0.2) is 65.8 Å². The summed E-state index contributed by atoms with van der Waals surface area (Å²) >= 11 is 0. The van der Waals surface area contributed by atoms with Gasteiger partial charge < -0.3 is 4.74 Å². The number of rotatable bonds is 8. The monoisotopic (exact) mass is 390 g/mol. The van der Waals surface area contributed by atoms with Crippen LogP contribution in [-0.2, 0) is 16.6 Å². The maximum absolute atomic E-state index is 14.1. The summed E-state index contributed by atoms with van der Waals surface area (Å²) < 4.78 is 47.4. The Kier molecular flexibility index (Phi) is 5.82. The van der Waals surface area contributed by atoms with E-state index in [1.165, 1.54) is 29.3 Å². The summed E-state index contributed by atoms with van der Waals surface area (Å²) in [5.74, 6) is -0.721. The number of halogens is 1. The fourth-order valence-corrected chi connectivity index (χ4v) is 3.80. The van der Waals surface area contributed by atoms with Gasteiger partial charge in [0.15, 0.2) is 11.6 Å². The van der Waals surface area contributed by atoms with Crippen molar-refractivity contribution < 1.29 is 17.5 Å². The summed E-state index contributed by atoms with van der Waals surface area (Å²) in [5.41, 5.74) is 0.741. The van der Waals surface area contributed by atoms with Gasteiger partial charge in [-0.25, -0.2) is 17.5 Å². The van der Waals surface area contributed by atoms with Gasteiger partial charge in [-0.1, -0.05) is 30.3 Å². The molecule has 0 spiro atoms. The topological polar surface area (TPSA) is 86.1 Å². The lowest BCUT2D eigenvalue weighted by molar-refractivity contribution is 0.321. The average Bonchev–Trinajstić information content (AvgIpc) is 3.16. The van der Waals surface area contributed by atoms with Gasteiger partial charge in [-0.15, -0.1) is 0 Å². The van der Waals surface area contributed by atoms with Gasteiger partial charge in [0.25, 0.3) is 0 Å². The van der Waals surface area contributed by atoms with E-state index in [1.54, 1.807) is 19.1 Å². The summed E-state index contributed by atoms with van der Waals surface area (Å²) in [4.78, 5) is 1.21. The van der Waals surface area contributed by atoms with E-state index in [4.69, 9.17) is 4.74 Å². The Balaban J connectivity index is 1.88. The zero-order valence-electron chi connectivity index (χ0n) is 14.6. The molecule has 0 unspecified atom stereocenters. The minimum Gasteiger partial charge on any atom is -0.491 e. The highest BCUT2D eigenvalue weighted by molar-refractivity contribution is 7.89.